The first-order valence-electron chi connectivity index (χ1n) is 7.40. The van der Waals surface area contributed by atoms with Gasteiger partial charge < -0.3 is 10.6 Å². The Kier molecular flexibility index (Phi) is 5.48. The molecule has 0 saturated heterocycles. The third-order valence-corrected chi connectivity index (χ3v) is 2.96. The van der Waals surface area contributed by atoms with E-state index >= 15 is 0 Å². The number of rotatable bonds is 8. The first kappa shape index (κ1) is 15.2. The number of hydrogen-bond donors (Lipinski definition) is 2. The molecule has 0 spiro atoms. The maximum atomic E-state index is 4.55. The molecule has 2 aromatic rings. The fraction of sp³-hybridized carbons (Fsp3) is 0.571. The number of aromatic nitrogens is 5. The van der Waals surface area contributed by atoms with Gasteiger partial charge >= 0.3 is 0 Å². The highest BCUT2D eigenvalue weighted by Gasteiger charge is 2.07. The molecule has 0 bridgehead atoms. The van der Waals surface area contributed by atoms with Gasteiger partial charge in [0.25, 0.3) is 0 Å². The lowest BCUT2D eigenvalue weighted by molar-refractivity contribution is 0.569. The van der Waals surface area contributed by atoms with Crippen LogP contribution in [0.25, 0.3) is 0 Å². The molecule has 2 aromatic heterocycles. The van der Waals surface area contributed by atoms with Crippen LogP contribution in [0.1, 0.15) is 38.9 Å². The van der Waals surface area contributed by atoms with Gasteiger partial charge in [0.1, 0.15) is 17.5 Å². The molecule has 114 valence electrons. The number of nitrogens with one attached hydrogen (secondary N) is 2. The minimum absolute atomic E-state index is 0.305. The molecule has 0 saturated carbocycles. The average Bonchev–Trinajstić information content (AvgIpc) is 2.97. The van der Waals surface area contributed by atoms with E-state index in [9.17, 15) is 0 Å². The largest absolute Gasteiger partial charge is 0.370 e. The number of anilines is 2. The highest BCUT2D eigenvalue weighted by atomic mass is 15.4. The zero-order valence-corrected chi connectivity index (χ0v) is 12.9. The molecule has 2 N–H and O–H groups in total. The van der Waals surface area contributed by atoms with E-state index in [-0.39, 0.29) is 0 Å². The normalized spacial score (nSPS) is 10.9. The number of hydrogen-bond acceptors (Lipinski definition) is 6. The number of nitrogens with zero attached hydrogens (tertiary/aromatic N) is 5. The Balaban J connectivity index is 1.91. The van der Waals surface area contributed by atoms with Crippen LogP contribution in [0.3, 0.4) is 0 Å². The van der Waals surface area contributed by atoms with Crippen molar-refractivity contribution in [3.8, 4) is 0 Å². The molecule has 0 fully saturated rings. The molecule has 2 rings (SSSR count). The van der Waals surface area contributed by atoms with Crippen LogP contribution in [0.2, 0.25) is 0 Å². The van der Waals surface area contributed by atoms with Crippen LogP contribution in [-0.2, 0) is 6.54 Å². The minimum atomic E-state index is 0.305. The summed E-state index contributed by atoms with van der Waals surface area (Å²) in [5.41, 5.74) is 0. The molecule has 0 aromatic carbocycles. The summed E-state index contributed by atoms with van der Waals surface area (Å²) in [6.07, 6.45) is 4.52. The van der Waals surface area contributed by atoms with Gasteiger partial charge in [0.2, 0.25) is 0 Å². The van der Waals surface area contributed by atoms with Crippen molar-refractivity contribution in [1.82, 2.24) is 25.0 Å². The van der Waals surface area contributed by atoms with Gasteiger partial charge in [0.05, 0.1) is 6.20 Å². The highest BCUT2D eigenvalue weighted by molar-refractivity contribution is 5.47. The van der Waals surface area contributed by atoms with E-state index in [0.717, 1.165) is 43.5 Å². The van der Waals surface area contributed by atoms with Crippen LogP contribution in [0.4, 0.5) is 11.6 Å². The van der Waals surface area contributed by atoms with Gasteiger partial charge in [-0.2, -0.15) is 0 Å². The van der Waals surface area contributed by atoms with Crippen LogP contribution in [0.5, 0.6) is 0 Å². The van der Waals surface area contributed by atoms with Crippen molar-refractivity contribution in [3.05, 3.63) is 24.3 Å². The van der Waals surface area contributed by atoms with E-state index in [4.69, 9.17) is 0 Å². The Morgan fingerprint density at radius 2 is 1.95 bits per heavy atom. The third kappa shape index (κ3) is 4.70. The van der Waals surface area contributed by atoms with Crippen LogP contribution in [0, 0.1) is 0 Å². The van der Waals surface area contributed by atoms with Gasteiger partial charge in [0.15, 0.2) is 0 Å². The molecule has 0 aliphatic rings. The van der Waals surface area contributed by atoms with Crippen LogP contribution in [0.15, 0.2) is 18.5 Å². The van der Waals surface area contributed by atoms with Crippen molar-refractivity contribution in [3.63, 3.8) is 0 Å². The highest BCUT2D eigenvalue weighted by Crippen LogP contribution is 2.16. The Labute approximate surface area is 125 Å². The zero-order valence-electron chi connectivity index (χ0n) is 12.9. The first-order valence-corrected chi connectivity index (χ1v) is 7.40. The third-order valence-electron chi connectivity index (χ3n) is 2.96. The van der Waals surface area contributed by atoms with Gasteiger partial charge in [-0.1, -0.05) is 19.1 Å². The Morgan fingerprint density at radius 3 is 2.57 bits per heavy atom. The van der Waals surface area contributed by atoms with Crippen molar-refractivity contribution in [2.75, 3.05) is 23.7 Å². The predicted octanol–water partition coefficient (Wildman–Crippen LogP) is 2.13. The molecule has 2 heterocycles. The number of aryl methyl sites for hydroxylation is 1. The van der Waals surface area contributed by atoms with Gasteiger partial charge in [0, 0.05) is 37.8 Å². The smallest absolute Gasteiger partial charge is 0.135 e. The van der Waals surface area contributed by atoms with Gasteiger partial charge in [-0.25, -0.2) is 9.97 Å². The van der Waals surface area contributed by atoms with Gasteiger partial charge in [-0.15, -0.1) is 5.10 Å². The molecule has 7 heteroatoms. The molecule has 0 aliphatic carbocycles. The second-order valence-corrected chi connectivity index (χ2v) is 5.13. The maximum absolute atomic E-state index is 4.55. The molecule has 0 aliphatic heterocycles. The fourth-order valence-electron chi connectivity index (χ4n) is 1.90. The van der Waals surface area contributed by atoms with E-state index in [0.29, 0.717) is 5.92 Å². The average molecular weight is 289 g/mol. The van der Waals surface area contributed by atoms with Gasteiger partial charge in [-0.3, -0.25) is 4.68 Å². The molecular formula is C14H23N7. The van der Waals surface area contributed by atoms with E-state index in [1.54, 1.807) is 6.20 Å². The predicted molar refractivity (Wildman–Crippen MR) is 83.4 cm³/mol. The Hall–Kier alpha value is -2.18. The van der Waals surface area contributed by atoms with Crippen molar-refractivity contribution >= 4 is 11.6 Å². The van der Waals surface area contributed by atoms with E-state index in [2.05, 4.69) is 51.7 Å². The van der Waals surface area contributed by atoms with Crippen LogP contribution >= 0.6 is 0 Å². The van der Waals surface area contributed by atoms with E-state index in [1.807, 2.05) is 16.9 Å². The van der Waals surface area contributed by atoms with Crippen LogP contribution in [-0.4, -0.2) is 38.1 Å². The fourth-order valence-corrected chi connectivity index (χ4v) is 1.90. The quantitative estimate of drug-likeness (QED) is 0.725. The maximum Gasteiger partial charge on any atom is 0.135 e. The lowest BCUT2D eigenvalue weighted by Gasteiger charge is -2.12. The van der Waals surface area contributed by atoms with E-state index in [1.165, 1.54) is 0 Å². The lowest BCUT2D eigenvalue weighted by atomic mass is 10.2. The Morgan fingerprint density at radius 1 is 1.19 bits per heavy atom. The molecule has 0 amide bonds. The Bertz CT molecular complexity index is 536. The van der Waals surface area contributed by atoms with Crippen LogP contribution < -0.4 is 10.6 Å². The lowest BCUT2D eigenvalue weighted by Crippen LogP contribution is -2.11. The summed E-state index contributed by atoms with van der Waals surface area (Å²) in [6.45, 7) is 8.77. The summed E-state index contributed by atoms with van der Waals surface area (Å²) in [7, 11) is 0. The zero-order chi connectivity index (χ0) is 15.1. The van der Waals surface area contributed by atoms with Crippen molar-refractivity contribution in [2.24, 2.45) is 0 Å². The molecular weight excluding hydrogens is 266 g/mol. The molecule has 7 nitrogen and oxygen atoms in total. The van der Waals surface area contributed by atoms with Crippen molar-refractivity contribution in [2.45, 2.75) is 39.7 Å². The summed E-state index contributed by atoms with van der Waals surface area (Å²) in [4.78, 5) is 9.06. The molecule has 21 heavy (non-hydrogen) atoms. The summed E-state index contributed by atoms with van der Waals surface area (Å²) in [5, 5.41) is 14.3. The molecule has 0 radical (unpaired) electrons. The molecule has 0 atom stereocenters. The second kappa shape index (κ2) is 7.56. The van der Waals surface area contributed by atoms with Crippen molar-refractivity contribution in [1.29, 1.82) is 0 Å². The minimum Gasteiger partial charge on any atom is -0.370 e. The van der Waals surface area contributed by atoms with Gasteiger partial charge in [-0.05, 0) is 13.3 Å². The second-order valence-electron chi connectivity index (χ2n) is 5.13. The topological polar surface area (TPSA) is 80.5 Å². The SMILES string of the molecule is CCNc1cc(NCCCn2ccnn2)nc(C(C)C)n1. The first-order chi connectivity index (χ1) is 10.2. The van der Waals surface area contributed by atoms with Crippen molar-refractivity contribution < 1.29 is 0 Å². The summed E-state index contributed by atoms with van der Waals surface area (Å²) < 4.78 is 1.82. The standard InChI is InChI=1S/C14H23N7/c1-4-15-12-10-13(19-14(18-12)11(2)3)16-6-5-8-21-9-7-17-20-21/h7,9-11H,4-6,8H2,1-3H3,(H2,15,16,18,19). The van der Waals surface area contributed by atoms with E-state index < -0.39 is 0 Å². The monoisotopic (exact) mass is 289 g/mol. The summed E-state index contributed by atoms with van der Waals surface area (Å²) >= 11 is 0. The molecule has 0 unspecified atom stereocenters. The summed E-state index contributed by atoms with van der Waals surface area (Å²) in [6, 6.07) is 1.95. The summed E-state index contributed by atoms with van der Waals surface area (Å²) in [5.74, 6) is 2.89.